The maximum atomic E-state index is 12.5. The van der Waals surface area contributed by atoms with Crippen molar-refractivity contribution in [3.05, 3.63) is 39.1 Å². The Hall–Kier alpha value is -2.16. The molecule has 0 bridgehead atoms. The highest BCUT2D eigenvalue weighted by molar-refractivity contribution is 14.1. The summed E-state index contributed by atoms with van der Waals surface area (Å²) in [7, 11) is 1.59. The van der Waals surface area contributed by atoms with Gasteiger partial charge in [-0.25, -0.2) is 9.78 Å². The number of ether oxygens (including phenoxy) is 2. The van der Waals surface area contributed by atoms with Crippen LogP contribution in [0.3, 0.4) is 0 Å². The molecule has 0 aliphatic heterocycles. The Bertz CT molecular complexity index is 1040. The minimum Gasteiger partial charge on any atom is -0.494 e. The topological polar surface area (TPSA) is 66.2 Å². The number of benzene rings is 1. The number of methoxy groups -OCH3 is 1. The van der Waals surface area contributed by atoms with E-state index in [9.17, 15) is 4.79 Å². The van der Waals surface area contributed by atoms with E-state index in [4.69, 9.17) is 14.5 Å². The van der Waals surface area contributed by atoms with Gasteiger partial charge in [0.05, 0.1) is 7.11 Å². The van der Waals surface area contributed by atoms with Crippen LogP contribution in [0.5, 0.6) is 5.75 Å². The van der Waals surface area contributed by atoms with Crippen molar-refractivity contribution in [2.45, 2.75) is 40.2 Å². The van der Waals surface area contributed by atoms with Gasteiger partial charge in [0, 0.05) is 11.6 Å². The third-order valence-corrected chi connectivity index (χ3v) is 4.95. The minimum absolute atomic E-state index is 0.543. The number of pyridine rings is 1. The van der Waals surface area contributed by atoms with E-state index in [1.54, 1.807) is 13.2 Å². The summed E-state index contributed by atoms with van der Waals surface area (Å²) in [4.78, 5) is 17.3. The van der Waals surface area contributed by atoms with Gasteiger partial charge in [-0.3, -0.25) is 0 Å². The third-order valence-electron chi connectivity index (χ3n) is 4.22. The molecule has 6 nitrogen and oxygen atoms in total. The zero-order valence-corrected chi connectivity index (χ0v) is 18.4. The van der Waals surface area contributed by atoms with Crippen molar-refractivity contribution >= 4 is 39.7 Å². The first-order valence-electron chi connectivity index (χ1n) is 8.55. The van der Waals surface area contributed by atoms with Gasteiger partial charge in [0.15, 0.2) is 0 Å². The number of carbonyl (C=O) groups is 1. The van der Waals surface area contributed by atoms with E-state index in [1.807, 2.05) is 32.9 Å². The summed E-state index contributed by atoms with van der Waals surface area (Å²) in [6, 6.07) is 7.87. The Morgan fingerprint density at radius 1 is 1.22 bits per heavy atom. The van der Waals surface area contributed by atoms with Crippen LogP contribution >= 0.6 is 22.6 Å². The van der Waals surface area contributed by atoms with Gasteiger partial charge in [0.2, 0.25) is 0 Å². The quantitative estimate of drug-likeness (QED) is 0.478. The summed E-state index contributed by atoms with van der Waals surface area (Å²) in [5, 5.41) is 4.33. The van der Waals surface area contributed by atoms with E-state index in [0.717, 1.165) is 16.8 Å². The first kappa shape index (κ1) is 19.6. The summed E-state index contributed by atoms with van der Waals surface area (Å²) < 4.78 is 12.9. The maximum Gasteiger partial charge on any atom is 0.435 e. The molecule has 0 N–H and O–H groups in total. The number of halogens is 1. The van der Waals surface area contributed by atoms with E-state index >= 15 is 0 Å². The van der Waals surface area contributed by atoms with Gasteiger partial charge in [-0.15, -0.1) is 0 Å². The molecular formula is C20H22IN3O3. The average Bonchev–Trinajstić information content (AvgIpc) is 2.91. The summed E-state index contributed by atoms with van der Waals surface area (Å²) >= 11 is 2.08. The fraction of sp³-hybridized carbons (Fsp3) is 0.350. The molecule has 0 radical (unpaired) electrons. The van der Waals surface area contributed by atoms with Crippen molar-refractivity contribution < 1.29 is 14.3 Å². The SMILES string of the molecule is COc1cc2c(nc1-c1cccc(C)c1C)c(I)nn2C(=O)OC(C)(C)C. The lowest BCUT2D eigenvalue weighted by molar-refractivity contribution is 0.0522. The molecule has 2 heterocycles. The number of rotatable bonds is 2. The second-order valence-corrected chi connectivity index (χ2v) is 8.36. The van der Waals surface area contributed by atoms with Gasteiger partial charge < -0.3 is 9.47 Å². The molecule has 0 aliphatic rings. The normalized spacial score (nSPS) is 11.7. The van der Waals surface area contributed by atoms with E-state index in [2.05, 4.69) is 47.6 Å². The molecule has 0 atom stereocenters. The Morgan fingerprint density at radius 3 is 2.56 bits per heavy atom. The smallest absolute Gasteiger partial charge is 0.435 e. The molecule has 3 rings (SSSR count). The van der Waals surface area contributed by atoms with E-state index in [1.165, 1.54) is 10.2 Å². The Kier molecular flexibility index (Phi) is 5.16. The zero-order chi connectivity index (χ0) is 19.9. The second kappa shape index (κ2) is 7.10. The number of aryl methyl sites for hydroxylation is 1. The lowest BCUT2D eigenvalue weighted by Crippen LogP contribution is -2.27. The molecule has 27 heavy (non-hydrogen) atoms. The molecule has 2 aromatic heterocycles. The van der Waals surface area contributed by atoms with Gasteiger partial charge in [0.25, 0.3) is 0 Å². The lowest BCUT2D eigenvalue weighted by atomic mass is 10.00. The molecule has 0 spiro atoms. The minimum atomic E-state index is -0.614. The molecule has 0 aliphatic carbocycles. The van der Waals surface area contributed by atoms with E-state index in [-0.39, 0.29) is 0 Å². The number of hydrogen-bond donors (Lipinski definition) is 0. The summed E-state index contributed by atoms with van der Waals surface area (Å²) in [6.07, 6.45) is -0.543. The summed E-state index contributed by atoms with van der Waals surface area (Å²) in [5.41, 5.74) is 4.62. The van der Waals surface area contributed by atoms with Crippen molar-refractivity contribution in [1.82, 2.24) is 14.8 Å². The van der Waals surface area contributed by atoms with Crippen LogP contribution in [0.1, 0.15) is 31.9 Å². The van der Waals surface area contributed by atoms with E-state index in [0.29, 0.717) is 20.5 Å². The molecule has 1 aromatic carbocycles. The first-order chi connectivity index (χ1) is 12.6. The fourth-order valence-corrected chi connectivity index (χ4v) is 3.40. The molecule has 0 saturated carbocycles. The van der Waals surface area contributed by atoms with Gasteiger partial charge >= 0.3 is 6.09 Å². The molecule has 0 amide bonds. The van der Waals surface area contributed by atoms with Gasteiger partial charge in [0.1, 0.15) is 31.8 Å². The Balaban J connectivity index is 2.22. The predicted molar refractivity (Wildman–Crippen MR) is 113 cm³/mol. The highest BCUT2D eigenvalue weighted by atomic mass is 127. The standard InChI is InChI=1S/C20H22IN3O3/c1-11-8-7-9-13(12(11)2)16-15(26-6)10-14-17(22-16)18(21)23-24(14)19(25)27-20(3,4)5/h7-10H,1-6H3. The van der Waals surface area contributed by atoms with Crippen LogP contribution in [-0.2, 0) is 4.74 Å². The van der Waals surface area contributed by atoms with Crippen LogP contribution in [0.2, 0.25) is 0 Å². The molecule has 0 unspecified atom stereocenters. The summed E-state index contributed by atoms with van der Waals surface area (Å²) in [5.74, 6) is 0.581. The number of nitrogens with zero attached hydrogens (tertiary/aromatic N) is 3. The number of fused-ring (bicyclic) bond motifs is 1. The van der Waals surface area contributed by atoms with Crippen molar-refractivity contribution in [2.75, 3.05) is 7.11 Å². The highest BCUT2D eigenvalue weighted by Gasteiger charge is 2.24. The van der Waals surface area contributed by atoms with Gasteiger partial charge in [-0.05, 0) is 68.3 Å². The monoisotopic (exact) mass is 479 g/mol. The van der Waals surface area contributed by atoms with Crippen LogP contribution in [0.15, 0.2) is 24.3 Å². The van der Waals surface area contributed by atoms with Crippen molar-refractivity contribution in [3.63, 3.8) is 0 Å². The predicted octanol–water partition coefficient (Wildman–Crippen LogP) is 5.11. The Labute approximate surface area is 172 Å². The Morgan fingerprint density at radius 2 is 1.93 bits per heavy atom. The van der Waals surface area contributed by atoms with Crippen LogP contribution in [0, 0.1) is 17.5 Å². The van der Waals surface area contributed by atoms with Crippen molar-refractivity contribution in [1.29, 1.82) is 0 Å². The largest absolute Gasteiger partial charge is 0.494 e. The van der Waals surface area contributed by atoms with E-state index < -0.39 is 11.7 Å². The maximum absolute atomic E-state index is 12.5. The van der Waals surface area contributed by atoms with Gasteiger partial charge in [-0.1, -0.05) is 18.2 Å². The van der Waals surface area contributed by atoms with Crippen LogP contribution < -0.4 is 4.74 Å². The molecular weight excluding hydrogens is 457 g/mol. The fourth-order valence-electron chi connectivity index (χ4n) is 2.79. The number of carbonyl (C=O) groups excluding carboxylic acids is 1. The molecule has 7 heteroatoms. The third kappa shape index (κ3) is 3.78. The first-order valence-corrected chi connectivity index (χ1v) is 9.63. The molecule has 142 valence electrons. The highest BCUT2D eigenvalue weighted by Crippen LogP contribution is 2.35. The van der Waals surface area contributed by atoms with Crippen molar-refractivity contribution in [2.24, 2.45) is 0 Å². The summed E-state index contributed by atoms with van der Waals surface area (Å²) in [6.45, 7) is 9.58. The second-order valence-electron chi connectivity index (χ2n) is 7.34. The zero-order valence-electron chi connectivity index (χ0n) is 16.3. The molecule has 0 fully saturated rings. The van der Waals surface area contributed by atoms with Gasteiger partial charge in [-0.2, -0.15) is 9.78 Å². The van der Waals surface area contributed by atoms with Crippen LogP contribution in [0.4, 0.5) is 4.79 Å². The van der Waals surface area contributed by atoms with Crippen LogP contribution in [0.25, 0.3) is 22.3 Å². The molecule has 3 aromatic rings. The lowest BCUT2D eigenvalue weighted by Gasteiger charge is -2.19. The average molecular weight is 479 g/mol. The van der Waals surface area contributed by atoms with Crippen molar-refractivity contribution in [3.8, 4) is 17.0 Å². The molecule has 0 saturated heterocycles. The number of hydrogen-bond acceptors (Lipinski definition) is 5. The van der Waals surface area contributed by atoms with Crippen LogP contribution in [-0.4, -0.2) is 33.6 Å². The number of aromatic nitrogens is 3.